The Labute approximate surface area is 235 Å². The van der Waals surface area contributed by atoms with Crippen molar-refractivity contribution in [3.05, 3.63) is 59.7 Å². The minimum Gasteiger partial charge on any atom is -0.478 e. The Bertz CT molecular complexity index is 1930. The van der Waals surface area contributed by atoms with Crippen LogP contribution in [0, 0.1) is 0 Å². The summed E-state index contributed by atoms with van der Waals surface area (Å²) in [7, 11) is -21.5. The molecule has 0 aliphatic carbocycles. The Kier molecular flexibility index (Phi) is 8.41. The quantitative estimate of drug-likeness (QED) is 0.167. The summed E-state index contributed by atoms with van der Waals surface area (Å²) in [5.41, 5.74) is -1.36. The molecular weight excluding hydrogens is 656 g/mol. The monoisotopic (exact) mass is 670 g/mol. The molecule has 0 radical (unpaired) electrons. The molecule has 0 spiro atoms. The third-order valence-corrected chi connectivity index (χ3v) is 8.48. The number of rotatable bonds is 10. The van der Waals surface area contributed by atoms with Gasteiger partial charge in [0.1, 0.15) is 31.1 Å². The summed E-state index contributed by atoms with van der Waals surface area (Å²) in [6.45, 7) is 0. The van der Waals surface area contributed by atoms with E-state index in [0.717, 1.165) is 0 Å². The molecule has 0 aliphatic rings. The van der Waals surface area contributed by atoms with Gasteiger partial charge in [0.05, 0.1) is 11.1 Å². The van der Waals surface area contributed by atoms with Gasteiger partial charge in [-0.3, -0.25) is 18.2 Å². The maximum Gasteiger partial charge on any atom is 0.335 e. The molecule has 6 N–H and O–H groups in total. The highest BCUT2D eigenvalue weighted by molar-refractivity contribution is 7.87. The molecule has 0 heterocycles. The topological polar surface area (TPSA) is 311 Å². The number of carboxylic acid groups (broad SMARTS) is 2. The molecule has 0 saturated carbocycles. The van der Waals surface area contributed by atoms with Crippen LogP contribution in [0.15, 0.2) is 68.1 Å². The zero-order chi connectivity index (χ0) is 32.0. The lowest BCUT2D eigenvalue weighted by Gasteiger charge is -2.17. The molecule has 0 saturated heterocycles. The van der Waals surface area contributed by atoms with E-state index in [2.05, 4.69) is 0 Å². The Balaban J connectivity index is 2.42. The number of hydrogen-bond acceptors (Lipinski definition) is 12. The summed E-state index contributed by atoms with van der Waals surface area (Å²) in [5.74, 6) is -8.04. The van der Waals surface area contributed by atoms with E-state index >= 15 is 0 Å². The van der Waals surface area contributed by atoms with Crippen molar-refractivity contribution in [1.82, 2.24) is 0 Å². The van der Waals surface area contributed by atoms with Crippen LogP contribution in [-0.2, 0) is 40.5 Å². The normalized spacial score (nSPS) is 12.5. The average Bonchev–Trinajstić information content (AvgIpc) is 2.81. The number of carboxylic acids is 2. The van der Waals surface area contributed by atoms with Gasteiger partial charge in [0.2, 0.25) is 0 Å². The highest BCUT2D eigenvalue weighted by atomic mass is 32.2. The molecule has 0 aliphatic heterocycles. The van der Waals surface area contributed by atoms with Gasteiger partial charge in [-0.2, -0.15) is 33.7 Å². The van der Waals surface area contributed by atoms with Crippen LogP contribution < -0.4 is 9.47 Å². The van der Waals surface area contributed by atoms with Gasteiger partial charge in [-0.05, 0) is 42.5 Å². The largest absolute Gasteiger partial charge is 0.478 e. The van der Waals surface area contributed by atoms with Crippen LogP contribution in [0.25, 0.3) is 0 Å². The molecule has 3 aromatic rings. The standard InChI is InChI=1S/C20H14O18S4/c21-19(22)9-1-3-15(39(25,26)27)11(5-9)37-13-7-14(18(42(34,35)36)8-17(13)41(31,32)33)38-12-6-10(20(23)24)2-4-16(12)40(28,29)30/h1-8H,(H,21,22)(H,23,24)(H,25,26,27)(H,28,29,30)(H,31,32,33)(H,34,35,36). The highest BCUT2D eigenvalue weighted by Crippen LogP contribution is 2.42. The van der Waals surface area contributed by atoms with Gasteiger partial charge in [0.15, 0.2) is 11.5 Å². The molecule has 3 rings (SSSR count). The van der Waals surface area contributed by atoms with Crippen molar-refractivity contribution in [2.45, 2.75) is 19.6 Å². The zero-order valence-electron chi connectivity index (χ0n) is 19.8. The SMILES string of the molecule is O=C(O)c1ccc(S(=O)(=O)O)c(Oc2cc(Oc3cc(C(=O)O)ccc3S(=O)(=O)O)c(S(=O)(=O)O)cc2S(=O)(=O)O)c1. The summed E-state index contributed by atoms with van der Waals surface area (Å²) in [6.07, 6.45) is 0. The van der Waals surface area contributed by atoms with Gasteiger partial charge in [0, 0.05) is 6.07 Å². The molecule has 0 bridgehead atoms. The van der Waals surface area contributed by atoms with Crippen molar-refractivity contribution in [1.29, 1.82) is 0 Å². The van der Waals surface area contributed by atoms with Crippen molar-refractivity contribution in [3.63, 3.8) is 0 Å². The van der Waals surface area contributed by atoms with Crippen molar-refractivity contribution in [3.8, 4) is 23.0 Å². The highest BCUT2D eigenvalue weighted by Gasteiger charge is 2.30. The number of carbonyl (C=O) groups is 2. The molecule has 42 heavy (non-hydrogen) atoms. The second-order valence-corrected chi connectivity index (χ2v) is 13.3. The Morgan fingerprint density at radius 3 is 1.00 bits per heavy atom. The van der Waals surface area contributed by atoms with Crippen LogP contribution in [0.1, 0.15) is 20.7 Å². The van der Waals surface area contributed by atoms with Gasteiger partial charge in [-0.1, -0.05) is 0 Å². The molecule has 3 aromatic carbocycles. The first kappa shape index (κ1) is 32.4. The first-order chi connectivity index (χ1) is 19.0. The minimum atomic E-state index is -5.55. The van der Waals surface area contributed by atoms with E-state index < -0.39 is 106 Å². The molecule has 0 atom stereocenters. The Morgan fingerprint density at radius 2 is 0.738 bits per heavy atom. The Morgan fingerprint density at radius 1 is 0.452 bits per heavy atom. The van der Waals surface area contributed by atoms with Gasteiger partial charge in [-0.15, -0.1) is 0 Å². The van der Waals surface area contributed by atoms with E-state index in [9.17, 15) is 71.7 Å². The number of benzene rings is 3. The van der Waals surface area contributed by atoms with Gasteiger partial charge >= 0.3 is 11.9 Å². The summed E-state index contributed by atoms with van der Waals surface area (Å²) >= 11 is 0. The summed E-state index contributed by atoms with van der Waals surface area (Å²) in [4.78, 5) is 17.4. The molecular formula is C20H14O18S4. The van der Waals surface area contributed by atoms with Crippen LogP contribution in [0.3, 0.4) is 0 Å². The lowest BCUT2D eigenvalue weighted by molar-refractivity contribution is 0.0685. The average molecular weight is 671 g/mol. The van der Waals surface area contributed by atoms with Crippen molar-refractivity contribution in [2.24, 2.45) is 0 Å². The molecule has 22 heteroatoms. The van der Waals surface area contributed by atoms with Gasteiger partial charge in [0.25, 0.3) is 40.5 Å². The lowest BCUT2D eigenvalue weighted by Crippen LogP contribution is -2.10. The van der Waals surface area contributed by atoms with E-state index in [0.29, 0.717) is 36.4 Å². The molecule has 0 unspecified atom stereocenters. The summed E-state index contributed by atoms with van der Waals surface area (Å²) in [6, 6.07) is 3.63. The van der Waals surface area contributed by atoms with E-state index in [4.69, 9.17) is 9.47 Å². The maximum absolute atomic E-state index is 12.1. The molecule has 226 valence electrons. The van der Waals surface area contributed by atoms with Crippen molar-refractivity contribution in [2.75, 3.05) is 0 Å². The number of ether oxygens (including phenoxy) is 2. The van der Waals surface area contributed by atoms with E-state index in [-0.39, 0.29) is 12.1 Å². The molecule has 0 aromatic heterocycles. The fraction of sp³-hybridized carbons (Fsp3) is 0. The van der Waals surface area contributed by atoms with Gasteiger partial charge < -0.3 is 19.7 Å². The minimum absolute atomic E-state index is 0.00232. The number of hydrogen-bond donors (Lipinski definition) is 6. The molecule has 0 fully saturated rings. The first-order valence-corrected chi connectivity index (χ1v) is 15.9. The van der Waals surface area contributed by atoms with Crippen LogP contribution in [0.5, 0.6) is 23.0 Å². The maximum atomic E-state index is 12.1. The molecule has 18 nitrogen and oxygen atoms in total. The third-order valence-electron chi connectivity index (χ3n) is 4.94. The fourth-order valence-electron chi connectivity index (χ4n) is 3.19. The second kappa shape index (κ2) is 10.9. The van der Waals surface area contributed by atoms with Crippen LogP contribution in [0.2, 0.25) is 0 Å². The van der Waals surface area contributed by atoms with E-state index in [1.54, 1.807) is 0 Å². The third kappa shape index (κ3) is 7.18. The van der Waals surface area contributed by atoms with Crippen LogP contribution in [-0.4, -0.2) is 74.0 Å². The van der Waals surface area contributed by atoms with E-state index in [1.807, 2.05) is 0 Å². The van der Waals surface area contributed by atoms with Gasteiger partial charge in [-0.25, -0.2) is 9.59 Å². The number of aromatic carboxylic acids is 2. The lowest BCUT2D eigenvalue weighted by atomic mass is 10.2. The van der Waals surface area contributed by atoms with Crippen molar-refractivity contribution < 1.29 is 81.2 Å². The Hall–Kier alpha value is -4.16. The molecule has 0 amide bonds. The predicted molar refractivity (Wildman–Crippen MR) is 133 cm³/mol. The van der Waals surface area contributed by atoms with Crippen LogP contribution >= 0.6 is 0 Å². The fourth-order valence-corrected chi connectivity index (χ4v) is 5.70. The first-order valence-electron chi connectivity index (χ1n) is 10.2. The zero-order valence-corrected chi connectivity index (χ0v) is 23.1. The van der Waals surface area contributed by atoms with Crippen LogP contribution in [0.4, 0.5) is 0 Å². The summed E-state index contributed by atoms with van der Waals surface area (Å²) < 4.78 is 144. The smallest absolute Gasteiger partial charge is 0.335 e. The second-order valence-electron chi connectivity index (χ2n) is 7.78. The predicted octanol–water partition coefficient (Wildman–Crippen LogP) is 1.65. The van der Waals surface area contributed by atoms with E-state index in [1.165, 1.54) is 0 Å². The summed E-state index contributed by atoms with van der Waals surface area (Å²) in [5, 5.41) is 18.4. The van der Waals surface area contributed by atoms with Crippen molar-refractivity contribution >= 4 is 52.4 Å².